The predicted octanol–water partition coefficient (Wildman–Crippen LogP) is 3.34. The number of likely N-dealkylation sites (tertiary alicyclic amines) is 1. The fourth-order valence-corrected chi connectivity index (χ4v) is 6.47. The minimum atomic E-state index is 0.528. The van der Waals surface area contributed by atoms with Crippen LogP contribution in [-0.4, -0.2) is 102 Å². The molecular formula is C23H43IN4O. The molecule has 4 rings (SSSR count). The van der Waals surface area contributed by atoms with Crippen LogP contribution in [0.15, 0.2) is 0 Å². The molecule has 3 heterocycles. The first kappa shape index (κ1) is 22.7. The summed E-state index contributed by atoms with van der Waals surface area (Å²) in [6, 6.07) is 0. The normalized spacial score (nSPS) is 34.8. The van der Waals surface area contributed by atoms with E-state index in [1.807, 2.05) is 0 Å². The van der Waals surface area contributed by atoms with Gasteiger partial charge < -0.3 is 19.4 Å². The van der Waals surface area contributed by atoms with Gasteiger partial charge in [0.2, 0.25) is 0 Å². The molecule has 3 aliphatic heterocycles. The molecule has 5 nitrogen and oxygen atoms in total. The molecule has 29 heavy (non-hydrogen) atoms. The number of hydrogen-bond acceptors (Lipinski definition) is 5. The molecule has 1 saturated carbocycles. The summed E-state index contributed by atoms with van der Waals surface area (Å²) in [5, 5.41) is 0. The summed E-state index contributed by atoms with van der Waals surface area (Å²) in [5.41, 5.74) is 0. The number of ether oxygens (including phenoxy) is 1. The molecule has 3 saturated heterocycles. The van der Waals surface area contributed by atoms with Gasteiger partial charge in [0.25, 0.3) is 0 Å². The van der Waals surface area contributed by atoms with Gasteiger partial charge in [0.05, 0.1) is 12.2 Å². The minimum absolute atomic E-state index is 0.528. The van der Waals surface area contributed by atoms with Crippen molar-refractivity contribution in [3.05, 3.63) is 0 Å². The van der Waals surface area contributed by atoms with E-state index in [9.17, 15) is 0 Å². The third-order valence-electron chi connectivity index (χ3n) is 7.88. The highest BCUT2D eigenvalue weighted by Gasteiger charge is 2.29. The molecule has 0 aromatic carbocycles. The molecular weight excluding hydrogens is 475 g/mol. The summed E-state index contributed by atoms with van der Waals surface area (Å²) < 4.78 is 8.86. The molecule has 1 aliphatic carbocycles. The molecule has 0 aromatic heterocycles. The van der Waals surface area contributed by atoms with Crippen molar-refractivity contribution < 1.29 is 4.74 Å². The maximum absolute atomic E-state index is 6.46. The molecule has 0 N–H and O–H groups in total. The van der Waals surface area contributed by atoms with E-state index in [2.05, 4.69) is 47.6 Å². The summed E-state index contributed by atoms with van der Waals surface area (Å²) in [7, 11) is 0. The quantitative estimate of drug-likeness (QED) is 0.380. The Bertz CT molecular complexity index is 449. The Hall–Kier alpha value is 0.530. The van der Waals surface area contributed by atoms with Crippen molar-refractivity contribution in [1.29, 1.82) is 0 Å². The van der Waals surface area contributed by atoms with Crippen LogP contribution < -0.4 is 0 Å². The predicted molar refractivity (Wildman–Crippen MR) is 129 cm³/mol. The Kier molecular flexibility index (Phi) is 8.94. The van der Waals surface area contributed by atoms with Crippen molar-refractivity contribution in [3.63, 3.8) is 0 Å². The van der Waals surface area contributed by atoms with Gasteiger partial charge in [-0.25, -0.2) is 3.11 Å². The summed E-state index contributed by atoms with van der Waals surface area (Å²) >= 11 is 2.45. The second-order valence-corrected chi connectivity index (χ2v) is 11.4. The lowest BCUT2D eigenvalue weighted by Gasteiger charge is -2.39. The van der Waals surface area contributed by atoms with Crippen molar-refractivity contribution >= 4 is 22.9 Å². The number of nitrogens with zero attached hydrogens (tertiary/aromatic N) is 4. The van der Waals surface area contributed by atoms with Gasteiger partial charge in [-0.05, 0) is 69.9 Å². The molecule has 0 spiro atoms. The molecule has 1 atom stereocenters. The Balaban J connectivity index is 1.08. The van der Waals surface area contributed by atoms with Gasteiger partial charge in [-0.1, -0.05) is 6.92 Å². The lowest BCUT2D eigenvalue weighted by atomic mass is 9.86. The minimum Gasteiger partial charge on any atom is -0.375 e. The van der Waals surface area contributed by atoms with E-state index < -0.39 is 0 Å². The van der Waals surface area contributed by atoms with Crippen LogP contribution in [-0.2, 0) is 4.74 Å². The average Bonchev–Trinajstić information content (AvgIpc) is 3.20. The SMILES string of the molecule is CCN1CC[C@H](CN2CCN(CC3CCC(OC4CCN(I)CC4)CC3)CC2)C1. The van der Waals surface area contributed by atoms with E-state index >= 15 is 0 Å². The first-order valence-corrected chi connectivity index (χ1v) is 13.4. The van der Waals surface area contributed by atoms with E-state index in [1.54, 1.807) is 0 Å². The van der Waals surface area contributed by atoms with Crippen LogP contribution in [0.1, 0.15) is 51.9 Å². The number of piperazine rings is 1. The van der Waals surface area contributed by atoms with E-state index in [1.165, 1.54) is 117 Å². The molecule has 168 valence electrons. The highest BCUT2D eigenvalue weighted by atomic mass is 127. The monoisotopic (exact) mass is 518 g/mol. The number of rotatable bonds is 7. The van der Waals surface area contributed by atoms with Crippen LogP contribution in [0.25, 0.3) is 0 Å². The third-order valence-corrected chi connectivity index (χ3v) is 8.85. The summed E-state index contributed by atoms with van der Waals surface area (Å²) in [5.74, 6) is 1.83. The van der Waals surface area contributed by atoms with E-state index in [4.69, 9.17) is 4.74 Å². The van der Waals surface area contributed by atoms with Gasteiger partial charge in [0.15, 0.2) is 0 Å². The number of hydrogen-bond donors (Lipinski definition) is 0. The average molecular weight is 519 g/mol. The first-order chi connectivity index (χ1) is 14.2. The summed E-state index contributed by atoms with van der Waals surface area (Å²) in [4.78, 5) is 8.12. The second kappa shape index (κ2) is 11.4. The van der Waals surface area contributed by atoms with Crippen molar-refractivity contribution in [2.45, 2.75) is 64.1 Å². The van der Waals surface area contributed by atoms with E-state index in [-0.39, 0.29) is 0 Å². The van der Waals surface area contributed by atoms with Gasteiger partial charge in [-0.3, -0.25) is 0 Å². The Morgan fingerprint density at radius 2 is 1.24 bits per heavy atom. The van der Waals surface area contributed by atoms with Gasteiger partial charge in [0.1, 0.15) is 0 Å². The Morgan fingerprint density at radius 1 is 0.655 bits per heavy atom. The molecule has 4 fully saturated rings. The highest BCUT2D eigenvalue weighted by molar-refractivity contribution is 14.1. The number of piperidine rings is 1. The highest BCUT2D eigenvalue weighted by Crippen LogP contribution is 2.30. The van der Waals surface area contributed by atoms with Gasteiger partial charge in [-0.15, -0.1) is 0 Å². The zero-order valence-electron chi connectivity index (χ0n) is 18.6. The lowest BCUT2D eigenvalue weighted by Crippen LogP contribution is -2.49. The van der Waals surface area contributed by atoms with Crippen molar-refractivity contribution in [2.24, 2.45) is 11.8 Å². The lowest BCUT2D eigenvalue weighted by molar-refractivity contribution is -0.0545. The van der Waals surface area contributed by atoms with Crippen LogP contribution in [0, 0.1) is 11.8 Å². The molecule has 0 aromatic rings. The summed E-state index contributed by atoms with van der Waals surface area (Å²) in [6.45, 7) is 16.4. The van der Waals surface area contributed by atoms with E-state index in [0.717, 1.165) is 11.8 Å². The van der Waals surface area contributed by atoms with Crippen molar-refractivity contribution in [2.75, 3.05) is 72.0 Å². The van der Waals surface area contributed by atoms with Gasteiger partial charge in [-0.2, -0.15) is 0 Å². The van der Waals surface area contributed by atoms with E-state index in [0.29, 0.717) is 12.2 Å². The van der Waals surface area contributed by atoms with Crippen LogP contribution >= 0.6 is 22.9 Å². The molecule has 0 amide bonds. The van der Waals surface area contributed by atoms with Crippen LogP contribution in [0.3, 0.4) is 0 Å². The van der Waals surface area contributed by atoms with Crippen molar-refractivity contribution in [3.8, 4) is 0 Å². The molecule has 6 heteroatoms. The molecule has 0 unspecified atom stereocenters. The van der Waals surface area contributed by atoms with Crippen LogP contribution in [0.5, 0.6) is 0 Å². The van der Waals surface area contributed by atoms with Crippen LogP contribution in [0.4, 0.5) is 0 Å². The standard InChI is InChI=1S/C23H43IN4O/c1-2-25-10-7-21(18-25)19-27-15-13-26(14-16-27)17-20-3-5-22(6-4-20)29-23-8-11-28(24)12-9-23/h20-23H,2-19H2,1H3/t20?,21-,22?/m0/s1. The zero-order chi connectivity index (χ0) is 20.1. The second-order valence-electron chi connectivity index (χ2n) is 10.0. The fourth-order valence-electron chi connectivity index (χ4n) is 5.92. The Labute approximate surface area is 193 Å². The maximum atomic E-state index is 6.46. The van der Waals surface area contributed by atoms with Crippen LogP contribution in [0.2, 0.25) is 0 Å². The smallest absolute Gasteiger partial charge is 0.0603 e. The number of halogens is 1. The summed E-state index contributed by atoms with van der Waals surface area (Å²) in [6.07, 6.45) is 10.3. The fraction of sp³-hybridized carbons (Fsp3) is 1.00. The molecule has 0 bridgehead atoms. The third kappa shape index (κ3) is 7.01. The molecule has 4 aliphatic rings. The van der Waals surface area contributed by atoms with Gasteiger partial charge >= 0.3 is 0 Å². The zero-order valence-corrected chi connectivity index (χ0v) is 20.8. The first-order valence-electron chi connectivity index (χ1n) is 12.4. The van der Waals surface area contributed by atoms with Gasteiger partial charge in [0, 0.05) is 81.8 Å². The topological polar surface area (TPSA) is 22.2 Å². The largest absolute Gasteiger partial charge is 0.375 e. The Morgan fingerprint density at radius 3 is 1.83 bits per heavy atom. The maximum Gasteiger partial charge on any atom is 0.0603 e. The molecule has 0 radical (unpaired) electrons. The van der Waals surface area contributed by atoms with Crippen molar-refractivity contribution in [1.82, 2.24) is 17.8 Å².